The molecule has 1 saturated heterocycles. The van der Waals surface area contributed by atoms with Crippen molar-refractivity contribution in [3.63, 3.8) is 0 Å². The Morgan fingerprint density at radius 3 is 2.83 bits per heavy atom. The molecule has 1 unspecified atom stereocenters. The van der Waals surface area contributed by atoms with Crippen LogP contribution in [0.1, 0.15) is 39.4 Å². The first-order chi connectivity index (χ1) is 8.42. The standard InChI is InChI=1S/C14H22N2OS/c1-10(2)14(3,4)9-16-12(17)7-15-13(16)11-5-6-18-8-11/h5-6,8,10,13,15H,7,9H2,1-4H3. The van der Waals surface area contributed by atoms with Gasteiger partial charge in [-0.25, -0.2) is 0 Å². The van der Waals surface area contributed by atoms with Crippen LogP contribution < -0.4 is 5.32 Å². The first kappa shape index (κ1) is 13.6. The molecule has 0 spiro atoms. The highest BCUT2D eigenvalue weighted by Crippen LogP contribution is 2.32. The van der Waals surface area contributed by atoms with Crippen LogP contribution in [0.2, 0.25) is 0 Å². The molecule has 0 radical (unpaired) electrons. The maximum Gasteiger partial charge on any atom is 0.238 e. The second kappa shape index (κ2) is 5.02. The summed E-state index contributed by atoms with van der Waals surface area (Å²) in [5, 5.41) is 7.48. The number of nitrogens with zero attached hydrogens (tertiary/aromatic N) is 1. The van der Waals surface area contributed by atoms with E-state index < -0.39 is 0 Å². The number of amides is 1. The summed E-state index contributed by atoms with van der Waals surface area (Å²) in [5.41, 5.74) is 1.33. The predicted octanol–water partition coefficient (Wildman–Crippen LogP) is 2.86. The minimum absolute atomic E-state index is 0.0572. The van der Waals surface area contributed by atoms with E-state index in [9.17, 15) is 4.79 Å². The molecule has 0 saturated carbocycles. The molecule has 1 aromatic rings. The van der Waals surface area contributed by atoms with Gasteiger partial charge < -0.3 is 4.90 Å². The topological polar surface area (TPSA) is 32.3 Å². The van der Waals surface area contributed by atoms with E-state index in [-0.39, 0.29) is 17.5 Å². The van der Waals surface area contributed by atoms with Crippen molar-refractivity contribution in [2.45, 2.75) is 33.9 Å². The average molecular weight is 266 g/mol. The van der Waals surface area contributed by atoms with Crippen LogP contribution in [0.15, 0.2) is 16.8 Å². The quantitative estimate of drug-likeness (QED) is 0.909. The van der Waals surface area contributed by atoms with Crippen LogP contribution in [0.3, 0.4) is 0 Å². The van der Waals surface area contributed by atoms with Crippen molar-refractivity contribution < 1.29 is 4.79 Å². The van der Waals surface area contributed by atoms with Crippen LogP contribution in [-0.2, 0) is 4.79 Å². The van der Waals surface area contributed by atoms with Crippen molar-refractivity contribution in [3.05, 3.63) is 22.4 Å². The Labute approximate surface area is 113 Å². The monoisotopic (exact) mass is 266 g/mol. The van der Waals surface area contributed by atoms with Gasteiger partial charge in [0, 0.05) is 6.54 Å². The van der Waals surface area contributed by atoms with Gasteiger partial charge in [0.2, 0.25) is 5.91 Å². The Bertz CT molecular complexity index is 411. The Morgan fingerprint density at radius 2 is 2.28 bits per heavy atom. The van der Waals surface area contributed by atoms with Crippen molar-refractivity contribution in [3.8, 4) is 0 Å². The minimum Gasteiger partial charge on any atom is -0.321 e. The molecule has 1 N–H and O–H groups in total. The maximum absolute atomic E-state index is 12.0. The first-order valence-corrected chi connectivity index (χ1v) is 7.41. The van der Waals surface area contributed by atoms with Gasteiger partial charge >= 0.3 is 0 Å². The summed E-state index contributed by atoms with van der Waals surface area (Å²) < 4.78 is 0. The Balaban J connectivity index is 2.16. The van der Waals surface area contributed by atoms with Crippen molar-refractivity contribution >= 4 is 17.2 Å². The van der Waals surface area contributed by atoms with Crippen molar-refractivity contribution in [1.82, 2.24) is 10.2 Å². The normalized spacial score (nSPS) is 21.1. The molecule has 0 bridgehead atoms. The van der Waals surface area contributed by atoms with E-state index in [0.29, 0.717) is 12.5 Å². The number of carbonyl (C=O) groups excluding carboxylic acids is 1. The number of thiophene rings is 1. The number of rotatable bonds is 4. The molecule has 100 valence electrons. The van der Waals surface area contributed by atoms with E-state index in [1.807, 2.05) is 4.90 Å². The van der Waals surface area contributed by atoms with E-state index in [4.69, 9.17) is 0 Å². The summed E-state index contributed by atoms with van der Waals surface area (Å²) in [6, 6.07) is 2.09. The molecule has 18 heavy (non-hydrogen) atoms. The molecule has 1 amide bonds. The van der Waals surface area contributed by atoms with Crippen molar-refractivity contribution in [2.75, 3.05) is 13.1 Å². The van der Waals surface area contributed by atoms with Gasteiger partial charge in [-0.3, -0.25) is 10.1 Å². The van der Waals surface area contributed by atoms with Gasteiger partial charge in [0.25, 0.3) is 0 Å². The SMILES string of the molecule is CC(C)C(C)(C)CN1C(=O)CNC1c1ccsc1. The van der Waals surface area contributed by atoms with Crippen LogP contribution in [0.25, 0.3) is 0 Å². The summed E-state index contributed by atoms with van der Waals surface area (Å²) >= 11 is 1.68. The fourth-order valence-electron chi connectivity index (χ4n) is 2.07. The second-order valence-corrected chi connectivity index (χ2v) is 6.79. The zero-order valence-corrected chi connectivity index (χ0v) is 12.4. The van der Waals surface area contributed by atoms with E-state index in [2.05, 4.69) is 49.8 Å². The smallest absolute Gasteiger partial charge is 0.238 e. The summed E-state index contributed by atoms with van der Waals surface area (Å²) in [6.07, 6.45) is 0.0572. The maximum atomic E-state index is 12.0. The lowest BCUT2D eigenvalue weighted by molar-refractivity contribution is -0.129. The Hall–Kier alpha value is -0.870. The summed E-state index contributed by atoms with van der Waals surface area (Å²) in [7, 11) is 0. The van der Waals surface area contributed by atoms with Gasteiger partial charge in [0.15, 0.2) is 0 Å². The van der Waals surface area contributed by atoms with Crippen LogP contribution in [0, 0.1) is 11.3 Å². The zero-order valence-electron chi connectivity index (χ0n) is 11.6. The molecule has 0 aromatic carbocycles. The summed E-state index contributed by atoms with van der Waals surface area (Å²) in [6.45, 7) is 10.1. The molecule has 1 aromatic heterocycles. The zero-order chi connectivity index (χ0) is 13.3. The molecule has 1 atom stereocenters. The number of carbonyl (C=O) groups is 1. The Morgan fingerprint density at radius 1 is 1.56 bits per heavy atom. The molecule has 0 aliphatic carbocycles. The molecule has 4 heteroatoms. The van der Waals surface area contributed by atoms with Gasteiger partial charge in [-0.1, -0.05) is 27.7 Å². The minimum atomic E-state index is 0.0572. The average Bonchev–Trinajstić information content (AvgIpc) is 2.89. The third-order valence-corrected chi connectivity index (χ3v) is 4.78. The van der Waals surface area contributed by atoms with Crippen LogP contribution in [0.4, 0.5) is 0 Å². The van der Waals surface area contributed by atoms with Crippen molar-refractivity contribution in [2.24, 2.45) is 11.3 Å². The molecule has 1 fully saturated rings. The number of hydrogen-bond donors (Lipinski definition) is 1. The summed E-state index contributed by atoms with van der Waals surface area (Å²) in [4.78, 5) is 14.0. The first-order valence-electron chi connectivity index (χ1n) is 6.47. The molecular weight excluding hydrogens is 244 g/mol. The summed E-state index contributed by atoms with van der Waals surface area (Å²) in [5.74, 6) is 0.758. The van der Waals surface area contributed by atoms with E-state index in [0.717, 1.165) is 6.54 Å². The van der Waals surface area contributed by atoms with Crippen molar-refractivity contribution in [1.29, 1.82) is 0 Å². The van der Waals surface area contributed by atoms with Gasteiger partial charge in [-0.2, -0.15) is 11.3 Å². The lowest BCUT2D eigenvalue weighted by atomic mass is 9.80. The second-order valence-electron chi connectivity index (χ2n) is 6.01. The molecule has 1 aliphatic rings. The number of hydrogen-bond acceptors (Lipinski definition) is 3. The molecular formula is C14H22N2OS. The molecule has 2 rings (SSSR count). The Kier molecular flexibility index (Phi) is 3.78. The van der Waals surface area contributed by atoms with Gasteiger partial charge in [-0.15, -0.1) is 0 Å². The fourth-order valence-corrected chi connectivity index (χ4v) is 2.75. The van der Waals surface area contributed by atoms with Crippen LogP contribution in [0.5, 0.6) is 0 Å². The van der Waals surface area contributed by atoms with Gasteiger partial charge in [0.05, 0.1) is 6.54 Å². The highest BCUT2D eigenvalue weighted by atomic mass is 32.1. The van der Waals surface area contributed by atoms with Gasteiger partial charge in [0.1, 0.15) is 6.17 Å². The van der Waals surface area contributed by atoms with Crippen LogP contribution >= 0.6 is 11.3 Å². The lowest BCUT2D eigenvalue weighted by Gasteiger charge is -2.36. The lowest BCUT2D eigenvalue weighted by Crippen LogP contribution is -2.40. The van der Waals surface area contributed by atoms with E-state index in [1.54, 1.807) is 11.3 Å². The van der Waals surface area contributed by atoms with E-state index in [1.165, 1.54) is 5.56 Å². The molecule has 2 heterocycles. The highest BCUT2D eigenvalue weighted by molar-refractivity contribution is 7.07. The molecule has 3 nitrogen and oxygen atoms in total. The van der Waals surface area contributed by atoms with Gasteiger partial charge in [-0.05, 0) is 33.7 Å². The number of nitrogens with one attached hydrogen (secondary N) is 1. The third kappa shape index (κ3) is 2.59. The largest absolute Gasteiger partial charge is 0.321 e. The fraction of sp³-hybridized carbons (Fsp3) is 0.643. The molecule has 1 aliphatic heterocycles. The highest BCUT2D eigenvalue weighted by Gasteiger charge is 2.36. The van der Waals surface area contributed by atoms with E-state index >= 15 is 0 Å². The third-order valence-electron chi connectivity index (χ3n) is 4.08. The predicted molar refractivity (Wildman–Crippen MR) is 75.4 cm³/mol. The van der Waals surface area contributed by atoms with Crippen LogP contribution in [-0.4, -0.2) is 23.9 Å².